The molecule has 0 radical (unpaired) electrons. The number of β-amino-alcohol motifs (C(OH)–C–C–N with tert-alkyl or cyclic N) is 1. The number of hydrogen-bond acceptors (Lipinski definition) is 3. The van der Waals surface area contributed by atoms with Crippen LogP contribution in [0.4, 0.5) is 4.79 Å². The average Bonchev–Trinajstić information content (AvgIpc) is 3.17. The summed E-state index contributed by atoms with van der Waals surface area (Å²) in [7, 11) is 0. The fraction of sp³-hybridized carbons (Fsp3) is 0.500. The maximum Gasteiger partial charge on any atom is 0.318 e. The van der Waals surface area contributed by atoms with Crippen molar-refractivity contribution in [2.45, 2.75) is 63.6 Å². The predicted octanol–water partition coefficient (Wildman–Crippen LogP) is 4.53. The van der Waals surface area contributed by atoms with Crippen LogP contribution in [0.5, 0.6) is 0 Å². The minimum Gasteiger partial charge on any atom is -0.391 e. The Kier molecular flexibility index (Phi) is 6.14. The van der Waals surface area contributed by atoms with E-state index < -0.39 is 6.10 Å². The molecule has 0 bridgehead atoms. The van der Waals surface area contributed by atoms with Crippen molar-refractivity contribution in [2.75, 3.05) is 6.54 Å². The third-order valence-electron chi connectivity index (χ3n) is 6.54. The van der Waals surface area contributed by atoms with Crippen LogP contribution >= 0.6 is 0 Å². The highest BCUT2D eigenvalue weighted by atomic mass is 16.3. The molecule has 1 aromatic carbocycles. The highest BCUT2D eigenvalue weighted by Gasteiger charge is 2.39. The maximum atomic E-state index is 13.0. The van der Waals surface area contributed by atoms with Crippen LogP contribution in [0.2, 0.25) is 0 Å². The summed E-state index contributed by atoms with van der Waals surface area (Å²) in [6, 6.07) is 12.3. The van der Waals surface area contributed by atoms with Crippen LogP contribution in [0.3, 0.4) is 0 Å². The van der Waals surface area contributed by atoms with Gasteiger partial charge in [-0.15, -0.1) is 0 Å². The van der Waals surface area contributed by atoms with Gasteiger partial charge in [0.1, 0.15) is 0 Å². The van der Waals surface area contributed by atoms with Gasteiger partial charge < -0.3 is 15.3 Å². The van der Waals surface area contributed by atoms with Gasteiger partial charge in [0, 0.05) is 25.0 Å². The largest absolute Gasteiger partial charge is 0.391 e. The zero-order valence-corrected chi connectivity index (χ0v) is 17.1. The molecule has 2 fully saturated rings. The molecular weight excluding hydrogens is 362 g/mol. The first-order valence-electron chi connectivity index (χ1n) is 10.9. The van der Waals surface area contributed by atoms with E-state index in [9.17, 15) is 9.90 Å². The zero-order valence-electron chi connectivity index (χ0n) is 17.1. The first-order chi connectivity index (χ1) is 14.1. The van der Waals surface area contributed by atoms with Crippen LogP contribution in [-0.2, 0) is 0 Å². The zero-order chi connectivity index (χ0) is 20.2. The molecule has 2 amide bonds. The van der Waals surface area contributed by atoms with Gasteiger partial charge in [0.05, 0.1) is 12.1 Å². The number of pyridine rings is 1. The van der Waals surface area contributed by atoms with E-state index in [0.717, 1.165) is 16.7 Å². The van der Waals surface area contributed by atoms with Gasteiger partial charge >= 0.3 is 6.03 Å². The quantitative estimate of drug-likeness (QED) is 0.802. The molecule has 3 atom stereocenters. The van der Waals surface area contributed by atoms with E-state index in [1.54, 1.807) is 12.4 Å². The molecule has 2 N–H and O–H groups in total. The summed E-state index contributed by atoms with van der Waals surface area (Å²) in [5, 5.41) is 13.4. The highest BCUT2D eigenvalue weighted by Crippen LogP contribution is 2.34. The number of aromatic nitrogens is 1. The molecule has 2 aromatic rings. The van der Waals surface area contributed by atoms with Gasteiger partial charge in [-0.2, -0.15) is 0 Å². The number of nitrogens with one attached hydrogen (secondary N) is 1. The van der Waals surface area contributed by atoms with E-state index >= 15 is 0 Å². The minimum atomic E-state index is -0.400. The Morgan fingerprint density at radius 3 is 2.41 bits per heavy atom. The molecule has 1 aliphatic carbocycles. The van der Waals surface area contributed by atoms with Crippen LogP contribution in [0.1, 0.15) is 57.1 Å². The SMILES string of the molecule is CC(NC(=O)N1CC(O)CC1C1CCCCC1)c1ccc(-c2ccncc2)cc1. The number of amides is 2. The van der Waals surface area contributed by atoms with Gasteiger partial charge in [-0.1, -0.05) is 43.5 Å². The summed E-state index contributed by atoms with van der Waals surface area (Å²) >= 11 is 0. The second-order valence-electron chi connectivity index (χ2n) is 8.54. The normalized spacial score (nSPS) is 23.7. The number of hydrogen-bond donors (Lipinski definition) is 2. The van der Waals surface area contributed by atoms with Crippen LogP contribution < -0.4 is 5.32 Å². The number of aliphatic hydroxyl groups excluding tert-OH is 1. The lowest BCUT2D eigenvalue weighted by Gasteiger charge is -2.34. The molecule has 4 rings (SSSR count). The van der Waals surface area contributed by atoms with Crippen LogP contribution in [0.25, 0.3) is 11.1 Å². The van der Waals surface area contributed by atoms with Crippen molar-refractivity contribution in [3.63, 3.8) is 0 Å². The van der Waals surface area contributed by atoms with Crippen molar-refractivity contribution in [3.8, 4) is 11.1 Å². The molecule has 1 aromatic heterocycles. The summed E-state index contributed by atoms with van der Waals surface area (Å²) in [6.07, 6.45) is 10.0. The summed E-state index contributed by atoms with van der Waals surface area (Å²) in [6.45, 7) is 2.46. The van der Waals surface area contributed by atoms with Crippen molar-refractivity contribution in [1.29, 1.82) is 0 Å². The Balaban J connectivity index is 1.40. The second kappa shape index (κ2) is 8.95. The summed E-state index contributed by atoms with van der Waals surface area (Å²) in [4.78, 5) is 19.0. The average molecular weight is 394 g/mol. The summed E-state index contributed by atoms with van der Waals surface area (Å²) in [5.41, 5.74) is 3.34. The van der Waals surface area contributed by atoms with Crippen molar-refractivity contribution >= 4 is 6.03 Å². The van der Waals surface area contributed by atoms with Crippen LogP contribution in [0, 0.1) is 5.92 Å². The topological polar surface area (TPSA) is 65.5 Å². The lowest BCUT2D eigenvalue weighted by molar-refractivity contribution is 0.152. The second-order valence-corrected chi connectivity index (χ2v) is 8.54. The van der Waals surface area contributed by atoms with Crippen LogP contribution in [-0.4, -0.2) is 39.7 Å². The Morgan fingerprint density at radius 2 is 1.72 bits per heavy atom. The van der Waals surface area contributed by atoms with E-state index in [1.165, 1.54) is 32.1 Å². The van der Waals surface area contributed by atoms with Gasteiger partial charge in [-0.25, -0.2) is 4.79 Å². The van der Waals surface area contributed by atoms with E-state index in [0.29, 0.717) is 18.9 Å². The number of aliphatic hydroxyl groups is 1. The Morgan fingerprint density at radius 1 is 1.07 bits per heavy atom. The number of carbonyl (C=O) groups excluding carboxylic acids is 1. The lowest BCUT2D eigenvalue weighted by atomic mass is 9.83. The number of carbonyl (C=O) groups is 1. The monoisotopic (exact) mass is 393 g/mol. The lowest BCUT2D eigenvalue weighted by Crippen LogP contribution is -2.46. The van der Waals surface area contributed by atoms with Gasteiger partial charge in [0.2, 0.25) is 0 Å². The Hall–Kier alpha value is -2.40. The van der Waals surface area contributed by atoms with Crippen molar-refractivity contribution in [1.82, 2.24) is 15.2 Å². The smallest absolute Gasteiger partial charge is 0.318 e. The van der Waals surface area contributed by atoms with Gasteiger partial charge in [-0.3, -0.25) is 4.98 Å². The number of urea groups is 1. The Bertz CT molecular complexity index is 803. The number of nitrogens with zero attached hydrogens (tertiary/aromatic N) is 2. The van der Waals surface area contributed by atoms with Crippen molar-refractivity contribution in [3.05, 3.63) is 54.4 Å². The standard InChI is InChI=1S/C24H31N3O2/c1-17(18-7-9-19(10-8-18)20-11-13-25-14-12-20)26-24(29)27-16-22(28)15-23(27)21-5-3-2-4-6-21/h7-14,17,21-23,28H,2-6,15-16H2,1H3,(H,26,29). The fourth-order valence-corrected chi connectivity index (χ4v) is 4.90. The first kappa shape index (κ1) is 19.9. The highest BCUT2D eigenvalue weighted by molar-refractivity contribution is 5.75. The fourth-order valence-electron chi connectivity index (χ4n) is 4.90. The van der Waals surface area contributed by atoms with E-state index in [1.807, 2.05) is 24.0 Å². The number of rotatable bonds is 4. The van der Waals surface area contributed by atoms with Crippen molar-refractivity contribution in [2.24, 2.45) is 5.92 Å². The van der Waals surface area contributed by atoms with Gasteiger partial charge in [0.25, 0.3) is 0 Å². The molecule has 5 nitrogen and oxygen atoms in total. The molecule has 3 unspecified atom stereocenters. The molecular formula is C24H31N3O2. The molecule has 1 saturated heterocycles. The van der Waals surface area contributed by atoms with Crippen LogP contribution in [0.15, 0.2) is 48.8 Å². The maximum absolute atomic E-state index is 13.0. The molecule has 2 heterocycles. The number of benzene rings is 1. The molecule has 2 aliphatic rings. The predicted molar refractivity (Wildman–Crippen MR) is 114 cm³/mol. The molecule has 29 heavy (non-hydrogen) atoms. The van der Waals surface area contributed by atoms with E-state index in [2.05, 4.69) is 34.6 Å². The Labute approximate surface area is 173 Å². The van der Waals surface area contributed by atoms with Crippen molar-refractivity contribution < 1.29 is 9.90 Å². The third-order valence-corrected chi connectivity index (χ3v) is 6.54. The summed E-state index contributed by atoms with van der Waals surface area (Å²) in [5.74, 6) is 0.529. The van der Waals surface area contributed by atoms with E-state index in [-0.39, 0.29) is 18.1 Å². The molecule has 0 spiro atoms. The minimum absolute atomic E-state index is 0.0529. The molecule has 5 heteroatoms. The summed E-state index contributed by atoms with van der Waals surface area (Å²) < 4.78 is 0. The molecule has 1 saturated carbocycles. The van der Waals surface area contributed by atoms with E-state index in [4.69, 9.17) is 0 Å². The molecule has 154 valence electrons. The van der Waals surface area contributed by atoms with Gasteiger partial charge in [-0.05, 0) is 60.9 Å². The number of likely N-dealkylation sites (tertiary alicyclic amines) is 1. The first-order valence-corrected chi connectivity index (χ1v) is 10.9. The molecule has 1 aliphatic heterocycles. The third kappa shape index (κ3) is 4.61. The van der Waals surface area contributed by atoms with Gasteiger partial charge in [0.15, 0.2) is 0 Å².